The summed E-state index contributed by atoms with van der Waals surface area (Å²) < 4.78 is 4.63. The highest BCUT2D eigenvalue weighted by atomic mass is 16.5. The highest BCUT2D eigenvalue weighted by Gasteiger charge is 1.74. The maximum Gasteiger partial charge on any atom is 0.168 e. The SMILES string of the molecule is C=CN=C/C=C/CCN=COC. The molecule has 0 bridgehead atoms. The summed E-state index contributed by atoms with van der Waals surface area (Å²) in [6, 6.07) is 0. The summed E-state index contributed by atoms with van der Waals surface area (Å²) in [5, 5.41) is 0. The van der Waals surface area contributed by atoms with Gasteiger partial charge in [-0.3, -0.25) is 9.98 Å². The first-order chi connectivity index (χ1) is 5.91. The Morgan fingerprint density at radius 2 is 2.33 bits per heavy atom. The van der Waals surface area contributed by atoms with Gasteiger partial charge in [0.1, 0.15) is 0 Å². The van der Waals surface area contributed by atoms with Crippen LogP contribution in [-0.4, -0.2) is 26.3 Å². The summed E-state index contributed by atoms with van der Waals surface area (Å²) in [6.45, 7) is 4.19. The summed E-state index contributed by atoms with van der Waals surface area (Å²) in [5.74, 6) is 0. The van der Waals surface area contributed by atoms with Crippen molar-refractivity contribution >= 4 is 12.6 Å². The molecule has 66 valence electrons. The maximum atomic E-state index is 4.63. The summed E-state index contributed by atoms with van der Waals surface area (Å²) in [4.78, 5) is 7.74. The molecule has 0 rings (SSSR count). The first-order valence-corrected chi connectivity index (χ1v) is 3.72. The second-order valence-electron chi connectivity index (χ2n) is 1.94. The van der Waals surface area contributed by atoms with Crippen molar-refractivity contribution in [1.82, 2.24) is 0 Å². The number of allylic oxidation sites excluding steroid dienone is 1. The highest BCUT2D eigenvalue weighted by Crippen LogP contribution is 1.82. The van der Waals surface area contributed by atoms with Gasteiger partial charge in [-0.15, -0.1) is 0 Å². The molecule has 0 unspecified atom stereocenters. The third kappa shape index (κ3) is 8.62. The van der Waals surface area contributed by atoms with E-state index in [-0.39, 0.29) is 0 Å². The predicted octanol–water partition coefficient (Wildman–Crippen LogP) is 1.82. The van der Waals surface area contributed by atoms with Gasteiger partial charge < -0.3 is 4.74 Å². The van der Waals surface area contributed by atoms with Gasteiger partial charge in [0.05, 0.1) is 7.11 Å². The largest absolute Gasteiger partial charge is 0.487 e. The molecule has 0 aromatic heterocycles. The molecule has 0 fully saturated rings. The molecule has 0 aliphatic heterocycles. The number of hydrogen-bond donors (Lipinski definition) is 0. The van der Waals surface area contributed by atoms with Crippen LogP contribution in [0.4, 0.5) is 0 Å². The topological polar surface area (TPSA) is 34.0 Å². The lowest BCUT2D eigenvalue weighted by molar-refractivity contribution is 0.421. The normalized spacial score (nSPS) is 11.8. The molecule has 0 aliphatic carbocycles. The fourth-order valence-electron chi connectivity index (χ4n) is 0.544. The number of nitrogens with zero attached hydrogens (tertiary/aromatic N) is 2. The Bertz CT molecular complexity index is 183. The number of hydrogen-bond acceptors (Lipinski definition) is 3. The van der Waals surface area contributed by atoms with Crippen LogP contribution in [0.25, 0.3) is 0 Å². The van der Waals surface area contributed by atoms with Crippen molar-refractivity contribution in [1.29, 1.82) is 0 Å². The molecule has 0 atom stereocenters. The summed E-state index contributed by atoms with van der Waals surface area (Å²) in [6.07, 6.45) is 9.36. The fourth-order valence-corrected chi connectivity index (χ4v) is 0.544. The molecule has 3 nitrogen and oxygen atoms in total. The van der Waals surface area contributed by atoms with E-state index in [1.54, 1.807) is 13.3 Å². The van der Waals surface area contributed by atoms with Crippen molar-refractivity contribution in [2.75, 3.05) is 13.7 Å². The number of methoxy groups -OCH3 is 1. The zero-order valence-corrected chi connectivity index (χ0v) is 7.31. The lowest BCUT2D eigenvalue weighted by Crippen LogP contribution is -1.81. The minimum Gasteiger partial charge on any atom is -0.487 e. The average Bonchev–Trinajstić information content (AvgIpc) is 2.10. The lowest BCUT2D eigenvalue weighted by atomic mass is 10.4. The minimum atomic E-state index is 0.742. The summed E-state index contributed by atoms with van der Waals surface area (Å²) in [7, 11) is 1.58. The molecular formula is C9H14N2O. The maximum absolute atomic E-state index is 4.63. The Hall–Kier alpha value is -1.38. The van der Waals surface area contributed by atoms with Gasteiger partial charge in [-0.05, 0) is 12.5 Å². The van der Waals surface area contributed by atoms with E-state index in [0.29, 0.717) is 0 Å². The zero-order valence-electron chi connectivity index (χ0n) is 7.31. The van der Waals surface area contributed by atoms with Gasteiger partial charge in [0.2, 0.25) is 0 Å². The lowest BCUT2D eigenvalue weighted by Gasteiger charge is -1.86. The second-order valence-corrected chi connectivity index (χ2v) is 1.94. The highest BCUT2D eigenvalue weighted by molar-refractivity contribution is 5.71. The number of aliphatic imine (C=N–C) groups is 2. The Morgan fingerprint density at radius 1 is 1.50 bits per heavy atom. The average molecular weight is 166 g/mol. The minimum absolute atomic E-state index is 0.742. The van der Waals surface area contributed by atoms with Gasteiger partial charge >= 0.3 is 0 Å². The Balaban J connectivity index is 3.30. The van der Waals surface area contributed by atoms with Crippen LogP contribution in [0.3, 0.4) is 0 Å². The Kier molecular flexibility index (Phi) is 8.51. The molecule has 0 saturated carbocycles. The van der Waals surface area contributed by atoms with Crippen LogP contribution < -0.4 is 0 Å². The van der Waals surface area contributed by atoms with E-state index in [1.165, 1.54) is 12.6 Å². The van der Waals surface area contributed by atoms with Crippen LogP contribution >= 0.6 is 0 Å². The van der Waals surface area contributed by atoms with Crippen LogP contribution in [0.5, 0.6) is 0 Å². The summed E-state index contributed by atoms with van der Waals surface area (Å²) >= 11 is 0. The van der Waals surface area contributed by atoms with E-state index >= 15 is 0 Å². The number of ether oxygens (including phenoxy) is 1. The molecule has 0 amide bonds. The van der Waals surface area contributed by atoms with E-state index in [1.807, 2.05) is 12.2 Å². The predicted molar refractivity (Wildman–Crippen MR) is 52.8 cm³/mol. The smallest absolute Gasteiger partial charge is 0.168 e. The van der Waals surface area contributed by atoms with Crippen molar-refractivity contribution in [2.45, 2.75) is 6.42 Å². The number of rotatable bonds is 6. The van der Waals surface area contributed by atoms with Gasteiger partial charge in [0.25, 0.3) is 0 Å². The first kappa shape index (κ1) is 10.6. The van der Waals surface area contributed by atoms with Crippen molar-refractivity contribution < 1.29 is 4.74 Å². The van der Waals surface area contributed by atoms with Crippen LogP contribution in [0.15, 0.2) is 34.9 Å². The fraction of sp³-hybridized carbons (Fsp3) is 0.333. The van der Waals surface area contributed by atoms with Gasteiger partial charge in [-0.25, -0.2) is 0 Å². The Morgan fingerprint density at radius 3 is 3.00 bits per heavy atom. The van der Waals surface area contributed by atoms with Gasteiger partial charge in [0.15, 0.2) is 6.40 Å². The molecule has 0 aromatic rings. The molecular weight excluding hydrogens is 152 g/mol. The van der Waals surface area contributed by atoms with Crippen LogP contribution in [0.1, 0.15) is 6.42 Å². The van der Waals surface area contributed by atoms with Gasteiger partial charge in [0, 0.05) is 19.0 Å². The van der Waals surface area contributed by atoms with E-state index in [4.69, 9.17) is 0 Å². The zero-order chi connectivity index (χ0) is 9.07. The first-order valence-electron chi connectivity index (χ1n) is 3.72. The third-order valence-electron chi connectivity index (χ3n) is 1.02. The van der Waals surface area contributed by atoms with Crippen molar-refractivity contribution in [3.8, 4) is 0 Å². The van der Waals surface area contributed by atoms with E-state index in [2.05, 4.69) is 21.3 Å². The Labute approximate surface area is 73.2 Å². The van der Waals surface area contributed by atoms with Crippen molar-refractivity contribution in [3.63, 3.8) is 0 Å². The molecule has 0 heterocycles. The second kappa shape index (κ2) is 9.62. The van der Waals surface area contributed by atoms with Crippen molar-refractivity contribution in [3.05, 3.63) is 24.9 Å². The van der Waals surface area contributed by atoms with Gasteiger partial charge in [-0.2, -0.15) is 0 Å². The van der Waals surface area contributed by atoms with E-state index in [0.717, 1.165) is 13.0 Å². The molecule has 0 spiro atoms. The molecule has 0 aliphatic rings. The van der Waals surface area contributed by atoms with Gasteiger partial charge in [-0.1, -0.05) is 12.7 Å². The van der Waals surface area contributed by atoms with Crippen molar-refractivity contribution in [2.24, 2.45) is 9.98 Å². The van der Waals surface area contributed by atoms with Crippen LogP contribution in [0, 0.1) is 0 Å². The standard InChI is InChI=1S/C9H14N2O/c1-3-10-7-5-4-6-8-11-9-12-2/h3-5,7,9H,1,6,8H2,2H3/b5-4+,10-7?,11-9?. The van der Waals surface area contributed by atoms with E-state index < -0.39 is 0 Å². The molecule has 0 aromatic carbocycles. The van der Waals surface area contributed by atoms with Crippen LogP contribution in [-0.2, 0) is 4.74 Å². The molecule has 0 radical (unpaired) electrons. The molecule has 0 saturated heterocycles. The molecule has 3 heteroatoms. The monoisotopic (exact) mass is 166 g/mol. The van der Waals surface area contributed by atoms with E-state index in [9.17, 15) is 0 Å². The quantitative estimate of drug-likeness (QED) is 0.336. The van der Waals surface area contributed by atoms with Crippen LogP contribution in [0.2, 0.25) is 0 Å². The summed E-state index contributed by atoms with van der Waals surface area (Å²) in [5.41, 5.74) is 0. The third-order valence-corrected chi connectivity index (χ3v) is 1.02. The molecule has 12 heavy (non-hydrogen) atoms. The molecule has 0 N–H and O–H groups in total.